The monoisotopic (exact) mass is 301 g/mol. The molecule has 1 fully saturated rings. The lowest BCUT2D eigenvalue weighted by molar-refractivity contribution is 0.393. The maximum Gasteiger partial charge on any atom is 0.260 e. The summed E-state index contributed by atoms with van der Waals surface area (Å²) in [7, 11) is 0.0257. The molecule has 0 saturated carbocycles. The Morgan fingerprint density at radius 2 is 2.32 bits per heavy atom. The highest BCUT2D eigenvalue weighted by Gasteiger charge is 2.31. The first-order valence-corrected chi connectivity index (χ1v) is 8.80. The van der Waals surface area contributed by atoms with Crippen molar-refractivity contribution in [3.8, 4) is 0 Å². The van der Waals surface area contributed by atoms with Gasteiger partial charge in [-0.15, -0.1) is 0 Å². The van der Waals surface area contributed by atoms with Crippen molar-refractivity contribution in [2.45, 2.75) is 24.0 Å². The number of sulfonamides is 1. The number of nitrogens with one attached hydrogen (secondary N) is 1. The van der Waals surface area contributed by atoms with E-state index in [0.29, 0.717) is 6.54 Å². The molecule has 0 radical (unpaired) electrons. The molecule has 5 nitrogen and oxygen atoms in total. The molecule has 0 aromatic carbocycles. The van der Waals surface area contributed by atoms with E-state index in [1.807, 2.05) is 7.05 Å². The molecule has 1 aromatic rings. The maximum atomic E-state index is 12.4. The minimum atomic E-state index is -3.47. The molecule has 19 heavy (non-hydrogen) atoms. The van der Waals surface area contributed by atoms with E-state index in [4.69, 9.17) is 0 Å². The number of hydrogen-bond donors (Lipinski definition) is 1. The molecular formula is C12H19N3O2S2. The van der Waals surface area contributed by atoms with E-state index in [1.54, 1.807) is 37.1 Å². The Hall–Kier alpha value is -0.630. The average molecular weight is 301 g/mol. The third-order valence-corrected chi connectivity index (χ3v) is 6.21. The van der Waals surface area contributed by atoms with E-state index in [2.05, 4.69) is 10.3 Å². The minimum Gasteiger partial charge on any atom is -0.316 e. The molecule has 1 aliphatic heterocycles. The second-order valence-corrected chi connectivity index (χ2v) is 7.67. The van der Waals surface area contributed by atoms with E-state index < -0.39 is 10.0 Å². The van der Waals surface area contributed by atoms with Gasteiger partial charge >= 0.3 is 0 Å². The summed E-state index contributed by atoms with van der Waals surface area (Å²) in [5.74, 6) is 1.90. The smallest absolute Gasteiger partial charge is 0.260 e. The van der Waals surface area contributed by atoms with E-state index in [1.165, 1.54) is 4.31 Å². The molecule has 2 heterocycles. The third-order valence-electron chi connectivity index (χ3n) is 3.24. The maximum absolute atomic E-state index is 12.4. The topological polar surface area (TPSA) is 62.3 Å². The Balaban J connectivity index is 2.18. The first kappa shape index (κ1) is 14.8. The highest BCUT2D eigenvalue weighted by molar-refractivity contribution is 7.99. The third kappa shape index (κ3) is 3.28. The second-order valence-electron chi connectivity index (χ2n) is 4.57. The van der Waals surface area contributed by atoms with Gasteiger partial charge in [0.1, 0.15) is 0 Å². The summed E-state index contributed by atoms with van der Waals surface area (Å²) in [5, 5.41) is 3.14. The van der Waals surface area contributed by atoms with Crippen LogP contribution in [0.25, 0.3) is 0 Å². The van der Waals surface area contributed by atoms with Gasteiger partial charge in [-0.25, -0.2) is 13.4 Å². The number of hydrogen-bond acceptors (Lipinski definition) is 5. The number of nitrogens with zero attached hydrogens (tertiary/aromatic N) is 2. The van der Waals surface area contributed by atoms with Crippen LogP contribution in [-0.4, -0.2) is 49.3 Å². The van der Waals surface area contributed by atoms with Crippen LogP contribution in [0.5, 0.6) is 0 Å². The van der Waals surface area contributed by atoms with Gasteiger partial charge in [-0.1, -0.05) is 6.07 Å². The molecule has 1 unspecified atom stereocenters. The van der Waals surface area contributed by atoms with Gasteiger partial charge in [0, 0.05) is 31.6 Å². The number of aromatic nitrogens is 1. The summed E-state index contributed by atoms with van der Waals surface area (Å²) in [4.78, 5) is 4.09. The van der Waals surface area contributed by atoms with Gasteiger partial charge in [0.05, 0.1) is 0 Å². The first-order chi connectivity index (χ1) is 9.05. The standard InChI is InChI=1S/C12H19N3O2S2/c1-13-7-10-3-4-12(14-8-10)19(16,17)15(2)11-5-6-18-9-11/h3-4,8,11,13H,5-7,9H2,1-2H3. The highest BCUT2D eigenvalue weighted by atomic mass is 32.2. The number of pyridine rings is 1. The fraction of sp³-hybridized carbons (Fsp3) is 0.583. The zero-order chi connectivity index (χ0) is 13.9. The normalized spacial score (nSPS) is 20.1. The predicted molar refractivity (Wildman–Crippen MR) is 77.7 cm³/mol. The zero-order valence-electron chi connectivity index (χ0n) is 11.2. The van der Waals surface area contributed by atoms with Gasteiger partial charge in [-0.2, -0.15) is 16.1 Å². The molecule has 1 aliphatic rings. The lowest BCUT2D eigenvalue weighted by Gasteiger charge is -2.22. The lowest BCUT2D eigenvalue weighted by atomic mass is 10.3. The molecule has 2 rings (SSSR count). The fourth-order valence-electron chi connectivity index (χ4n) is 2.02. The van der Waals surface area contributed by atoms with E-state index in [-0.39, 0.29) is 11.1 Å². The molecule has 1 saturated heterocycles. The highest BCUT2D eigenvalue weighted by Crippen LogP contribution is 2.25. The molecule has 0 amide bonds. The van der Waals surface area contributed by atoms with Crippen LogP contribution in [0.4, 0.5) is 0 Å². The van der Waals surface area contributed by atoms with Crippen molar-refractivity contribution in [3.05, 3.63) is 23.9 Å². The summed E-state index contributed by atoms with van der Waals surface area (Å²) in [6.45, 7) is 0.683. The summed E-state index contributed by atoms with van der Waals surface area (Å²) in [6, 6.07) is 3.47. The molecule has 1 N–H and O–H groups in total. The largest absolute Gasteiger partial charge is 0.316 e. The molecule has 0 aliphatic carbocycles. The van der Waals surface area contributed by atoms with Gasteiger partial charge in [0.2, 0.25) is 0 Å². The van der Waals surface area contributed by atoms with Crippen LogP contribution >= 0.6 is 11.8 Å². The average Bonchev–Trinajstić information content (AvgIpc) is 2.92. The predicted octanol–water partition coefficient (Wildman–Crippen LogP) is 0.927. The van der Waals surface area contributed by atoms with Crippen molar-refractivity contribution in [2.24, 2.45) is 0 Å². The van der Waals surface area contributed by atoms with Crippen LogP contribution in [0.3, 0.4) is 0 Å². The Morgan fingerprint density at radius 1 is 1.53 bits per heavy atom. The Morgan fingerprint density at radius 3 is 2.84 bits per heavy atom. The Labute approximate surface area is 118 Å². The van der Waals surface area contributed by atoms with Crippen molar-refractivity contribution in [1.82, 2.24) is 14.6 Å². The van der Waals surface area contributed by atoms with Crippen LogP contribution in [-0.2, 0) is 16.6 Å². The summed E-state index contributed by atoms with van der Waals surface area (Å²) >= 11 is 1.80. The van der Waals surface area contributed by atoms with Gasteiger partial charge in [-0.05, 0) is 30.9 Å². The van der Waals surface area contributed by atoms with Crippen LogP contribution in [0.1, 0.15) is 12.0 Å². The van der Waals surface area contributed by atoms with Crippen LogP contribution in [0, 0.1) is 0 Å². The molecule has 0 bridgehead atoms. The van der Waals surface area contributed by atoms with Crippen molar-refractivity contribution in [3.63, 3.8) is 0 Å². The van der Waals surface area contributed by atoms with Crippen LogP contribution in [0.2, 0.25) is 0 Å². The molecule has 7 heteroatoms. The number of rotatable bonds is 5. The molecule has 1 aromatic heterocycles. The van der Waals surface area contributed by atoms with E-state index in [0.717, 1.165) is 23.5 Å². The van der Waals surface area contributed by atoms with E-state index in [9.17, 15) is 8.42 Å². The minimum absolute atomic E-state index is 0.0915. The molecule has 0 spiro atoms. The lowest BCUT2D eigenvalue weighted by Crippen LogP contribution is -2.37. The van der Waals surface area contributed by atoms with Crippen LogP contribution in [0.15, 0.2) is 23.4 Å². The fourth-order valence-corrected chi connectivity index (χ4v) is 4.68. The summed E-state index contributed by atoms with van der Waals surface area (Å²) < 4.78 is 26.3. The molecule has 106 valence electrons. The van der Waals surface area contributed by atoms with Crippen LogP contribution < -0.4 is 5.32 Å². The molecule has 1 atom stereocenters. The van der Waals surface area contributed by atoms with Gasteiger partial charge < -0.3 is 5.32 Å². The SMILES string of the molecule is CNCc1ccc(S(=O)(=O)N(C)C2CCSC2)nc1. The van der Waals surface area contributed by atoms with Crippen molar-refractivity contribution < 1.29 is 8.42 Å². The summed E-state index contributed by atoms with van der Waals surface area (Å²) in [6.07, 6.45) is 2.53. The Bertz CT molecular complexity index is 510. The van der Waals surface area contributed by atoms with Gasteiger partial charge in [-0.3, -0.25) is 0 Å². The quantitative estimate of drug-likeness (QED) is 0.876. The van der Waals surface area contributed by atoms with Crippen molar-refractivity contribution >= 4 is 21.8 Å². The summed E-state index contributed by atoms with van der Waals surface area (Å²) in [5.41, 5.74) is 0.973. The number of thioether (sulfide) groups is 1. The van der Waals surface area contributed by atoms with Gasteiger partial charge in [0.15, 0.2) is 5.03 Å². The first-order valence-electron chi connectivity index (χ1n) is 6.21. The molecular weight excluding hydrogens is 282 g/mol. The zero-order valence-corrected chi connectivity index (χ0v) is 12.8. The van der Waals surface area contributed by atoms with Crippen molar-refractivity contribution in [1.29, 1.82) is 0 Å². The van der Waals surface area contributed by atoms with Crippen molar-refractivity contribution in [2.75, 3.05) is 25.6 Å². The second kappa shape index (κ2) is 6.21. The van der Waals surface area contributed by atoms with Gasteiger partial charge in [0.25, 0.3) is 10.0 Å². The Kier molecular flexibility index (Phi) is 4.83. The van der Waals surface area contributed by atoms with E-state index >= 15 is 0 Å².